The first-order valence-corrected chi connectivity index (χ1v) is 13.8. The summed E-state index contributed by atoms with van der Waals surface area (Å²) in [4.78, 5) is 24.5. The molecule has 0 spiro atoms. The molecule has 208 valence electrons. The number of carbonyl (C=O) groups is 1. The van der Waals surface area contributed by atoms with Gasteiger partial charge in [0.15, 0.2) is 0 Å². The average molecular weight is 544 g/mol. The second-order valence-corrected chi connectivity index (χ2v) is 11.4. The molecule has 0 aliphatic carbocycles. The Kier molecular flexibility index (Phi) is 6.20. The van der Waals surface area contributed by atoms with Crippen molar-refractivity contribution in [1.29, 1.82) is 0 Å². The number of nitrogens with zero attached hydrogens (tertiary/aromatic N) is 4. The Morgan fingerprint density at radius 2 is 1.90 bits per heavy atom. The molecule has 1 N–H and O–H groups in total. The molecule has 0 saturated carbocycles. The van der Waals surface area contributed by atoms with Crippen LogP contribution in [-0.2, 0) is 20.8 Å². The number of halogens is 3. The number of hydrogen-bond donors (Lipinski definition) is 1. The largest absolute Gasteiger partial charge is 0.401 e. The molecule has 7 heterocycles. The van der Waals surface area contributed by atoms with Crippen LogP contribution in [0.3, 0.4) is 0 Å². The van der Waals surface area contributed by atoms with Crippen molar-refractivity contribution < 1.29 is 27.4 Å². The van der Waals surface area contributed by atoms with E-state index in [1.807, 2.05) is 23.1 Å². The Morgan fingerprint density at radius 3 is 2.59 bits per heavy atom. The number of amides is 1. The van der Waals surface area contributed by atoms with Crippen molar-refractivity contribution in [2.45, 2.75) is 62.6 Å². The van der Waals surface area contributed by atoms with Gasteiger partial charge in [-0.15, -0.1) is 0 Å². The van der Waals surface area contributed by atoms with Gasteiger partial charge in [-0.1, -0.05) is 6.07 Å². The number of carbonyl (C=O) groups excluding carboxylic acids is 1. The van der Waals surface area contributed by atoms with Crippen molar-refractivity contribution >= 4 is 28.8 Å². The summed E-state index contributed by atoms with van der Waals surface area (Å²) in [7, 11) is 0. The van der Waals surface area contributed by atoms with Crippen molar-refractivity contribution in [3.8, 4) is 0 Å². The third-order valence-electron chi connectivity index (χ3n) is 8.91. The molecule has 5 saturated heterocycles. The summed E-state index contributed by atoms with van der Waals surface area (Å²) in [6, 6.07) is 9.43. The molecule has 1 aromatic heterocycles. The maximum absolute atomic E-state index is 14.3. The van der Waals surface area contributed by atoms with Crippen LogP contribution in [0.15, 0.2) is 36.5 Å². The standard InChI is InChI=1S/C28H32F3N5O3/c29-28(30,31)16-36-21-8-18(9-22(36)14-38-13-21)27(37)35-11-17-2-1-7-32-26(17)33-24-6-4-19(10-25(24)35)34-12-23-5-3-20(34)15-39-23/h1-2,4,6-7,10,18,20-23H,3,5,8-9,11-16H2,(H,32,33)/t20-,21+,22+,23-/m1/s1. The van der Waals surface area contributed by atoms with Gasteiger partial charge in [0.1, 0.15) is 5.82 Å². The van der Waals surface area contributed by atoms with Gasteiger partial charge in [-0.25, -0.2) is 4.98 Å². The molecule has 4 atom stereocenters. The SMILES string of the molecule is O=C(C1C[C@H]2COC[C@H](C1)N2CC(F)(F)F)N1Cc2cccnc2Nc2ccc(N3C[C@H]4CC[C@@H]3CO4)cc21. The fourth-order valence-electron chi connectivity index (χ4n) is 7.03. The van der Waals surface area contributed by atoms with Gasteiger partial charge in [0.2, 0.25) is 5.91 Å². The summed E-state index contributed by atoms with van der Waals surface area (Å²) in [5.74, 6) is 0.263. The normalized spacial score (nSPS) is 30.3. The number of pyridine rings is 1. The molecule has 8 nitrogen and oxygen atoms in total. The number of fused-ring (bicyclic) bond motifs is 7. The molecular formula is C28H32F3N5O3. The van der Waals surface area contributed by atoms with Crippen LogP contribution in [0.4, 0.5) is 36.1 Å². The van der Waals surface area contributed by atoms with Crippen LogP contribution in [0.25, 0.3) is 0 Å². The highest BCUT2D eigenvalue weighted by Gasteiger charge is 2.47. The van der Waals surface area contributed by atoms with Crippen LogP contribution in [0, 0.1) is 5.92 Å². The second-order valence-electron chi connectivity index (χ2n) is 11.4. The third-order valence-corrected chi connectivity index (χ3v) is 8.91. The van der Waals surface area contributed by atoms with E-state index in [9.17, 15) is 18.0 Å². The molecule has 6 aliphatic rings. The first-order valence-electron chi connectivity index (χ1n) is 13.8. The topological polar surface area (TPSA) is 70.2 Å². The fraction of sp³-hybridized carbons (Fsp3) is 0.571. The summed E-state index contributed by atoms with van der Waals surface area (Å²) in [6.45, 7) is 1.34. The van der Waals surface area contributed by atoms with Gasteiger partial charge in [-0.2, -0.15) is 13.2 Å². The monoisotopic (exact) mass is 543 g/mol. The van der Waals surface area contributed by atoms with Gasteiger partial charge in [0.05, 0.1) is 56.4 Å². The van der Waals surface area contributed by atoms with E-state index in [0.717, 1.165) is 42.0 Å². The van der Waals surface area contributed by atoms with E-state index < -0.39 is 24.8 Å². The van der Waals surface area contributed by atoms with Gasteiger partial charge >= 0.3 is 6.18 Å². The molecule has 1 amide bonds. The van der Waals surface area contributed by atoms with Crippen molar-refractivity contribution in [2.75, 3.05) is 48.0 Å². The lowest BCUT2D eigenvalue weighted by atomic mass is 9.83. The molecule has 6 aliphatic heterocycles. The molecule has 5 fully saturated rings. The molecule has 0 radical (unpaired) electrons. The minimum absolute atomic E-state index is 0.0565. The summed E-state index contributed by atoms with van der Waals surface area (Å²) in [5, 5.41) is 3.43. The highest BCUT2D eigenvalue weighted by atomic mass is 19.4. The first-order chi connectivity index (χ1) is 18.8. The van der Waals surface area contributed by atoms with Crippen molar-refractivity contribution in [3.63, 3.8) is 0 Å². The molecule has 1 aromatic carbocycles. The van der Waals surface area contributed by atoms with Crippen LogP contribution in [0.1, 0.15) is 31.2 Å². The number of rotatable bonds is 3. The van der Waals surface area contributed by atoms with E-state index in [0.29, 0.717) is 37.9 Å². The van der Waals surface area contributed by atoms with E-state index >= 15 is 0 Å². The number of piperidine rings is 2. The number of ether oxygens (including phenoxy) is 2. The lowest BCUT2D eigenvalue weighted by Crippen LogP contribution is -2.60. The summed E-state index contributed by atoms with van der Waals surface area (Å²) in [6.07, 6.45) is 0.500. The number of aromatic nitrogens is 1. The maximum Gasteiger partial charge on any atom is 0.401 e. The van der Waals surface area contributed by atoms with E-state index in [2.05, 4.69) is 27.3 Å². The van der Waals surface area contributed by atoms with Gasteiger partial charge in [0.25, 0.3) is 0 Å². The van der Waals surface area contributed by atoms with Crippen LogP contribution < -0.4 is 15.1 Å². The summed E-state index contributed by atoms with van der Waals surface area (Å²) < 4.78 is 51.5. The minimum Gasteiger partial charge on any atom is -0.378 e. The highest BCUT2D eigenvalue weighted by molar-refractivity contribution is 6.00. The molecule has 8 rings (SSSR count). The Labute approximate surface area is 225 Å². The second kappa shape index (κ2) is 9.64. The molecule has 0 unspecified atom stereocenters. The number of alkyl halides is 3. The maximum atomic E-state index is 14.3. The lowest BCUT2D eigenvalue weighted by Gasteiger charge is -2.48. The Morgan fingerprint density at radius 1 is 1.08 bits per heavy atom. The number of anilines is 4. The van der Waals surface area contributed by atoms with Crippen LogP contribution in [-0.4, -0.2) is 79.1 Å². The van der Waals surface area contributed by atoms with Crippen molar-refractivity contribution in [1.82, 2.24) is 9.88 Å². The van der Waals surface area contributed by atoms with Crippen molar-refractivity contribution in [3.05, 3.63) is 42.1 Å². The lowest BCUT2D eigenvalue weighted by molar-refractivity contribution is -0.184. The average Bonchev–Trinajstić information content (AvgIpc) is 3.08. The Bertz CT molecular complexity index is 1240. The molecule has 4 bridgehead atoms. The quantitative estimate of drug-likeness (QED) is 0.626. The summed E-state index contributed by atoms with van der Waals surface area (Å²) >= 11 is 0. The Hall–Kier alpha value is -2.89. The van der Waals surface area contributed by atoms with E-state index in [1.54, 1.807) is 6.20 Å². The van der Waals surface area contributed by atoms with E-state index in [-0.39, 0.29) is 31.1 Å². The predicted octanol–water partition coefficient (Wildman–Crippen LogP) is 4.08. The number of hydrogen-bond acceptors (Lipinski definition) is 7. The van der Waals surface area contributed by atoms with Gasteiger partial charge in [-0.05, 0) is 49.9 Å². The first kappa shape index (κ1) is 25.1. The summed E-state index contributed by atoms with van der Waals surface area (Å²) in [5.41, 5.74) is 3.51. The highest BCUT2D eigenvalue weighted by Crippen LogP contribution is 2.42. The van der Waals surface area contributed by atoms with Crippen LogP contribution in [0.5, 0.6) is 0 Å². The van der Waals surface area contributed by atoms with Crippen LogP contribution in [0.2, 0.25) is 0 Å². The van der Waals surface area contributed by atoms with E-state index in [4.69, 9.17) is 9.47 Å². The minimum atomic E-state index is -4.29. The zero-order chi connectivity index (χ0) is 26.7. The Balaban J connectivity index is 1.21. The molecule has 39 heavy (non-hydrogen) atoms. The van der Waals surface area contributed by atoms with Crippen LogP contribution >= 0.6 is 0 Å². The van der Waals surface area contributed by atoms with E-state index in [1.165, 1.54) is 4.90 Å². The zero-order valence-corrected chi connectivity index (χ0v) is 21.6. The number of nitrogens with one attached hydrogen (secondary N) is 1. The third kappa shape index (κ3) is 4.74. The molecule has 11 heteroatoms. The number of morpholine rings is 2. The van der Waals surface area contributed by atoms with Gasteiger partial charge in [-0.3, -0.25) is 9.69 Å². The molecular weight excluding hydrogens is 511 g/mol. The zero-order valence-electron chi connectivity index (χ0n) is 21.6. The fourth-order valence-corrected chi connectivity index (χ4v) is 7.03. The predicted molar refractivity (Wildman–Crippen MR) is 139 cm³/mol. The van der Waals surface area contributed by atoms with Crippen molar-refractivity contribution in [2.24, 2.45) is 5.92 Å². The van der Waals surface area contributed by atoms with Gasteiger partial charge < -0.3 is 24.6 Å². The smallest absolute Gasteiger partial charge is 0.378 e. The van der Waals surface area contributed by atoms with Gasteiger partial charge in [0, 0.05) is 42.0 Å². The number of benzene rings is 1. The molecule has 2 aromatic rings.